The van der Waals surface area contributed by atoms with Gasteiger partial charge in [-0.15, -0.1) is 0 Å². The molecule has 0 aliphatic carbocycles. The van der Waals surface area contributed by atoms with Crippen LogP contribution >= 0.6 is 0 Å². The Balaban J connectivity index is 4.91. The highest BCUT2D eigenvalue weighted by atomic mass is 16.9. The number of hydrogen-bond acceptors (Lipinski definition) is 10. The molecule has 0 N–H and O–H groups in total. The highest BCUT2D eigenvalue weighted by molar-refractivity contribution is 4.67. The fraction of sp³-hybridized carbons (Fsp3) is 1.00. The van der Waals surface area contributed by atoms with E-state index in [9.17, 15) is 0 Å². The minimum Gasteiger partial charge on any atom is -0.331 e. The van der Waals surface area contributed by atoms with Crippen molar-refractivity contribution in [1.29, 1.82) is 0 Å². The Morgan fingerprint density at radius 2 is 0.581 bits per heavy atom. The van der Waals surface area contributed by atoms with Crippen LogP contribution in [0.1, 0.15) is 38.5 Å². The first-order valence-corrected chi connectivity index (χ1v) is 10.5. The van der Waals surface area contributed by atoms with E-state index in [1.54, 1.807) is 64.0 Å². The van der Waals surface area contributed by atoms with Gasteiger partial charge in [0.1, 0.15) is 0 Å². The molecular formula is C21H45NO9. The molecule has 188 valence electrons. The third kappa shape index (κ3) is 9.95. The predicted octanol–water partition coefficient (Wildman–Crippen LogP) is 2.41. The van der Waals surface area contributed by atoms with Crippen LogP contribution in [0.2, 0.25) is 0 Å². The maximum Gasteiger partial charge on any atom is 0.282 e. The second-order valence-corrected chi connectivity index (χ2v) is 7.04. The lowest BCUT2D eigenvalue weighted by Crippen LogP contribution is -2.39. The van der Waals surface area contributed by atoms with Crippen molar-refractivity contribution in [3.63, 3.8) is 0 Å². The fourth-order valence-electron chi connectivity index (χ4n) is 3.56. The molecule has 31 heavy (non-hydrogen) atoms. The van der Waals surface area contributed by atoms with E-state index >= 15 is 0 Å². The van der Waals surface area contributed by atoms with Crippen LogP contribution < -0.4 is 0 Å². The zero-order valence-corrected chi connectivity index (χ0v) is 21.0. The SMILES string of the molecule is COC(CCCN(CCCC(OC)(OC)OC)CCCC(OC)(OC)OC)(OC)OC. The molecule has 0 radical (unpaired) electrons. The van der Waals surface area contributed by atoms with E-state index in [1.165, 1.54) is 0 Å². The summed E-state index contributed by atoms with van der Waals surface area (Å²) < 4.78 is 48.6. The van der Waals surface area contributed by atoms with Crippen molar-refractivity contribution >= 4 is 0 Å². The largest absolute Gasteiger partial charge is 0.331 e. The fourth-order valence-corrected chi connectivity index (χ4v) is 3.56. The summed E-state index contributed by atoms with van der Waals surface area (Å²) >= 11 is 0. The quantitative estimate of drug-likeness (QED) is 0.241. The molecular weight excluding hydrogens is 410 g/mol. The molecule has 0 fully saturated rings. The first-order chi connectivity index (χ1) is 14.8. The summed E-state index contributed by atoms with van der Waals surface area (Å²) in [4.78, 5) is 2.35. The summed E-state index contributed by atoms with van der Waals surface area (Å²) in [5, 5.41) is 0. The number of nitrogens with zero attached hydrogens (tertiary/aromatic N) is 1. The van der Waals surface area contributed by atoms with Gasteiger partial charge in [-0.05, 0) is 38.9 Å². The average molecular weight is 456 g/mol. The number of hydrogen-bond donors (Lipinski definition) is 0. The molecule has 0 bridgehead atoms. The maximum atomic E-state index is 5.39. The first kappa shape index (κ1) is 30.6. The molecule has 0 aliphatic rings. The Morgan fingerprint density at radius 1 is 0.387 bits per heavy atom. The lowest BCUT2D eigenvalue weighted by molar-refractivity contribution is -0.356. The second kappa shape index (κ2) is 16.2. The van der Waals surface area contributed by atoms with Crippen LogP contribution in [0.15, 0.2) is 0 Å². The van der Waals surface area contributed by atoms with Gasteiger partial charge in [-0.1, -0.05) is 0 Å². The lowest BCUT2D eigenvalue weighted by Gasteiger charge is -2.32. The zero-order chi connectivity index (χ0) is 23.8. The summed E-state index contributed by atoms with van der Waals surface area (Å²) in [6.45, 7) is 2.49. The second-order valence-electron chi connectivity index (χ2n) is 7.04. The van der Waals surface area contributed by atoms with E-state index in [2.05, 4.69) is 4.90 Å². The molecule has 0 unspecified atom stereocenters. The van der Waals surface area contributed by atoms with E-state index < -0.39 is 17.9 Å². The van der Waals surface area contributed by atoms with Crippen molar-refractivity contribution in [3.8, 4) is 0 Å². The van der Waals surface area contributed by atoms with Gasteiger partial charge < -0.3 is 47.5 Å². The minimum absolute atomic E-state index is 0.600. The van der Waals surface area contributed by atoms with E-state index in [0.29, 0.717) is 19.3 Å². The summed E-state index contributed by atoms with van der Waals surface area (Å²) in [6, 6.07) is 0. The molecule has 0 atom stereocenters. The van der Waals surface area contributed by atoms with Crippen LogP contribution in [-0.2, 0) is 42.6 Å². The average Bonchev–Trinajstić information content (AvgIpc) is 2.83. The summed E-state index contributed by atoms with van der Waals surface area (Å²) in [5.74, 6) is -3.08. The Bertz CT molecular complexity index is 340. The van der Waals surface area contributed by atoms with Crippen LogP contribution in [0, 0.1) is 0 Å². The number of methoxy groups -OCH3 is 9. The molecule has 0 aromatic rings. The van der Waals surface area contributed by atoms with Crippen molar-refractivity contribution in [3.05, 3.63) is 0 Å². The zero-order valence-electron chi connectivity index (χ0n) is 21.0. The van der Waals surface area contributed by atoms with Gasteiger partial charge in [-0.25, -0.2) is 0 Å². The molecule has 0 saturated carbocycles. The predicted molar refractivity (Wildman–Crippen MR) is 115 cm³/mol. The smallest absolute Gasteiger partial charge is 0.282 e. The van der Waals surface area contributed by atoms with Gasteiger partial charge >= 0.3 is 0 Å². The lowest BCUT2D eigenvalue weighted by atomic mass is 10.2. The van der Waals surface area contributed by atoms with Crippen LogP contribution in [0.5, 0.6) is 0 Å². The van der Waals surface area contributed by atoms with Gasteiger partial charge in [-0.2, -0.15) is 0 Å². The molecule has 0 amide bonds. The molecule has 0 saturated heterocycles. The van der Waals surface area contributed by atoms with Gasteiger partial charge in [0.15, 0.2) is 0 Å². The van der Waals surface area contributed by atoms with Crippen LogP contribution in [-0.4, -0.2) is 106 Å². The summed E-state index contributed by atoms with van der Waals surface area (Å²) in [5.41, 5.74) is 0. The van der Waals surface area contributed by atoms with E-state index in [0.717, 1.165) is 38.9 Å². The van der Waals surface area contributed by atoms with E-state index in [1.807, 2.05) is 0 Å². The van der Waals surface area contributed by atoms with E-state index in [4.69, 9.17) is 42.6 Å². The molecule has 0 heterocycles. The van der Waals surface area contributed by atoms with Crippen molar-refractivity contribution in [2.45, 2.75) is 56.4 Å². The molecule has 10 nitrogen and oxygen atoms in total. The van der Waals surface area contributed by atoms with Gasteiger partial charge in [0.2, 0.25) is 0 Å². The Hall–Kier alpha value is -0.400. The number of rotatable bonds is 21. The monoisotopic (exact) mass is 455 g/mol. The molecule has 0 aromatic heterocycles. The maximum absolute atomic E-state index is 5.39. The third-order valence-electron chi connectivity index (χ3n) is 5.67. The van der Waals surface area contributed by atoms with E-state index in [-0.39, 0.29) is 0 Å². The molecule has 0 spiro atoms. The molecule has 0 aromatic carbocycles. The van der Waals surface area contributed by atoms with Gasteiger partial charge in [0, 0.05) is 83.3 Å². The van der Waals surface area contributed by atoms with Crippen molar-refractivity contribution < 1.29 is 42.6 Å². The Morgan fingerprint density at radius 3 is 0.742 bits per heavy atom. The summed E-state index contributed by atoms with van der Waals surface area (Å²) in [7, 11) is 14.2. The number of ether oxygens (including phenoxy) is 9. The van der Waals surface area contributed by atoms with Crippen LogP contribution in [0.25, 0.3) is 0 Å². The topological polar surface area (TPSA) is 86.3 Å². The minimum atomic E-state index is -1.03. The van der Waals surface area contributed by atoms with Crippen molar-refractivity contribution in [2.75, 3.05) is 83.6 Å². The Labute approximate surface area is 188 Å². The van der Waals surface area contributed by atoms with Gasteiger partial charge in [-0.3, -0.25) is 0 Å². The van der Waals surface area contributed by atoms with Crippen LogP contribution in [0.4, 0.5) is 0 Å². The van der Waals surface area contributed by atoms with Crippen LogP contribution in [0.3, 0.4) is 0 Å². The highest BCUT2D eigenvalue weighted by Crippen LogP contribution is 2.23. The normalized spacial score (nSPS) is 13.4. The summed E-state index contributed by atoms with van der Waals surface area (Å²) in [6.07, 6.45) is 4.27. The van der Waals surface area contributed by atoms with Crippen molar-refractivity contribution in [2.24, 2.45) is 0 Å². The highest BCUT2D eigenvalue weighted by Gasteiger charge is 2.31. The molecule has 10 heteroatoms. The molecule has 0 rings (SSSR count). The Kier molecular flexibility index (Phi) is 16.0. The van der Waals surface area contributed by atoms with Gasteiger partial charge in [0.05, 0.1) is 0 Å². The first-order valence-electron chi connectivity index (χ1n) is 10.5. The van der Waals surface area contributed by atoms with Crippen molar-refractivity contribution in [1.82, 2.24) is 4.90 Å². The standard InChI is InChI=1S/C21H45NO9/c1-23-19(24-2,25-3)13-10-16-22(17-11-14-20(26-4,27-5)28-6)18-12-15-21(29-7,30-8)31-9/h10-18H2,1-9H3. The molecule has 0 aliphatic heterocycles. The third-order valence-corrected chi connectivity index (χ3v) is 5.67. The van der Waals surface area contributed by atoms with Gasteiger partial charge in [0.25, 0.3) is 17.9 Å².